The van der Waals surface area contributed by atoms with Crippen molar-refractivity contribution in [2.24, 2.45) is 11.3 Å². The number of amides is 4. The van der Waals surface area contributed by atoms with Crippen LogP contribution in [0.2, 0.25) is 0 Å². The summed E-state index contributed by atoms with van der Waals surface area (Å²) in [6.45, 7) is 0.0321. The Bertz CT molecular complexity index is 1290. The van der Waals surface area contributed by atoms with Crippen LogP contribution in [0.4, 0.5) is 4.79 Å². The van der Waals surface area contributed by atoms with Crippen molar-refractivity contribution in [1.82, 2.24) is 10.6 Å². The SMILES string of the molecule is COc1ccc(C(OC[C@H]2CC3(C[C@@H]2O)C(=O)NC(=O)NC3=O)(c2ccccc2)c2ccc(OC)cc2)cc1. The Balaban J connectivity index is 1.56. The van der Waals surface area contributed by atoms with Crippen LogP contribution >= 0.6 is 0 Å². The van der Waals surface area contributed by atoms with E-state index in [4.69, 9.17) is 14.2 Å². The van der Waals surface area contributed by atoms with E-state index in [9.17, 15) is 19.5 Å². The average Bonchev–Trinajstić information content (AvgIpc) is 3.31. The summed E-state index contributed by atoms with van der Waals surface area (Å²) in [5, 5.41) is 15.3. The second kappa shape index (κ2) is 10.5. The molecular weight excluding hydrogens is 500 g/mol. The molecule has 9 nitrogen and oxygen atoms in total. The van der Waals surface area contributed by atoms with Gasteiger partial charge in [0.25, 0.3) is 0 Å². The molecule has 2 aliphatic rings. The van der Waals surface area contributed by atoms with Crippen molar-refractivity contribution in [3.8, 4) is 11.5 Å². The maximum absolute atomic E-state index is 12.7. The van der Waals surface area contributed by atoms with Gasteiger partial charge in [0.05, 0.1) is 26.9 Å². The summed E-state index contributed by atoms with van der Waals surface area (Å²) in [4.78, 5) is 37.1. The van der Waals surface area contributed by atoms with Crippen LogP contribution in [0, 0.1) is 11.3 Å². The molecule has 1 spiro atoms. The lowest BCUT2D eigenvalue weighted by atomic mass is 9.79. The van der Waals surface area contributed by atoms with E-state index in [2.05, 4.69) is 10.6 Å². The summed E-state index contributed by atoms with van der Waals surface area (Å²) in [5.41, 5.74) is -0.151. The summed E-state index contributed by atoms with van der Waals surface area (Å²) in [6, 6.07) is 24.0. The van der Waals surface area contributed by atoms with Gasteiger partial charge >= 0.3 is 6.03 Å². The zero-order valence-corrected chi connectivity index (χ0v) is 21.7. The van der Waals surface area contributed by atoms with Crippen LogP contribution in [0.1, 0.15) is 29.5 Å². The van der Waals surface area contributed by atoms with Crippen LogP contribution in [0.3, 0.4) is 0 Å². The molecule has 0 radical (unpaired) electrons. The fourth-order valence-electron chi connectivity index (χ4n) is 5.62. The summed E-state index contributed by atoms with van der Waals surface area (Å²) in [6.07, 6.45) is -1.06. The smallest absolute Gasteiger partial charge is 0.328 e. The molecule has 0 unspecified atom stereocenters. The van der Waals surface area contributed by atoms with Crippen molar-refractivity contribution in [2.45, 2.75) is 24.5 Å². The van der Waals surface area contributed by atoms with Crippen molar-refractivity contribution in [3.63, 3.8) is 0 Å². The first-order chi connectivity index (χ1) is 18.8. The fourth-order valence-corrected chi connectivity index (χ4v) is 5.62. The van der Waals surface area contributed by atoms with E-state index in [-0.39, 0.29) is 19.4 Å². The Morgan fingerprint density at radius 1 is 0.769 bits per heavy atom. The van der Waals surface area contributed by atoms with Crippen LogP contribution < -0.4 is 20.1 Å². The highest BCUT2D eigenvalue weighted by atomic mass is 16.5. The first-order valence-electron chi connectivity index (χ1n) is 12.7. The van der Waals surface area contributed by atoms with Gasteiger partial charge in [-0.15, -0.1) is 0 Å². The topological polar surface area (TPSA) is 123 Å². The number of nitrogens with one attached hydrogen (secondary N) is 2. The number of aliphatic hydroxyl groups is 1. The van der Waals surface area contributed by atoms with Crippen molar-refractivity contribution < 1.29 is 33.7 Å². The van der Waals surface area contributed by atoms with Crippen molar-refractivity contribution in [3.05, 3.63) is 95.6 Å². The number of hydrogen-bond acceptors (Lipinski definition) is 7. The molecule has 3 N–H and O–H groups in total. The number of ether oxygens (including phenoxy) is 3. The number of aliphatic hydroxyl groups excluding tert-OH is 1. The number of barbiturate groups is 1. The van der Waals surface area contributed by atoms with Gasteiger partial charge in [-0.1, -0.05) is 54.6 Å². The number of urea groups is 1. The second-order valence-corrected chi connectivity index (χ2v) is 9.87. The molecule has 1 saturated carbocycles. The zero-order valence-electron chi connectivity index (χ0n) is 21.7. The summed E-state index contributed by atoms with van der Waals surface area (Å²) in [5.74, 6) is -0.566. The molecule has 2 atom stereocenters. The highest BCUT2D eigenvalue weighted by Gasteiger charge is 2.58. The molecule has 2 fully saturated rings. The number of hydrogen-bond donors (Lipinski definition) is 3. The van der Waals surface area contributed by atoms with E-state index in [0.29, 0.717) is 11.5 Å². The Labute approximate surface area is 226 Å². The predicted octanol–water partition coefficient (Wildman–Crippen LogP) is 3.14. The van der Waals surface area contributed by atoms with Crippen molar-refractivity contribution in [2.75, 3.05) is 20.8 Å². The number of rotatable bonds is 8. The third-order valence-corrected chi connectivity index (χ3v) is 7.72. The Kier molecular flexibility index (Phi) is 7.12. The van der Waals surface area contributed by atoms with Crippen molar-refractivity contribution in [1.29, 1.82) is 0 Å². The van der Waals surface area contributed by atoms with Crippen LogP contribution in [0.5, 0.6) is 11.5 Å². The van der Waals surface area contributed by atoms with Gasteiger partial charge in [-0.25, -0.2) is 4.79 Å². The maximum atomic E-state index is 12.7. The van der Waals surface area contributed by atoms with Gasteiger partial charge in [0, 0.05) is 5.92 Å². The summed E-state index contributed by atoms with van der Waals surface area (Å²) >= 11 is 0. The van der Waals surface area contributed by atoms with E-state index in [1.165, 1.54) is 0 Å². The summed E-state index contributed by atoms with van der Waals surface area (Å²) in [7, 11) is 3.20. The number of imide groups is 2. The van der Waals surface area contributed by atoms with Crippen LogP contribution in [-0.4, -0.2) is 49.9 Å². The minimum atomic E-state index is -1.53. The molecule has 9 heteroatoms. The Hall–Kier alpha value is -4.21. The Morgan fingerprint density at radius 3 is 1.74 bits per heavy atom. The van der Waals surface area contributed by atoms with Gasteiger partial charge in [-0.05, 0) is 53.8 Å². The molecule has 1 heterocycles. The Morgan fingerprint density at radius 2 is 1.26 bits per heavy atom. The number of methoxy groups -OCH3 is 2. The molecule has 0 aromatic heterocycles. The van der Waals surface area contributed by atoms with Gasteiger partial charge < -0.3 is 19.3 Å². The molecule has 3 aromatic carbocycles. The zero-order chi connectivity index (χ0) is 27.6. The summed E-state index contributed by atoms with van der Waals surface area (Å²) < 4.78 is 17.6. The monoisotopic (exact) mass is 530 g/mol. The lowest BCUT2D eigenvalue weighted by molar-refractivity contribution is -0.144. The van der Waals surface area contributed by atoms with E-state index in [1.807, 2.05) is 78.9 Å². The fraction of sp³-hybridized carbons (Fsp3) is 0.300. The molecular formula is C30H30N2O7. The van der Waals surface area contributed by atoms with Crippen LogP contribution in [0.15, 0.2) is 78.9 Å². The predicted molar refractivity (Wildman–Crippen MR) is 141 cm³/mol. The first-order valence-corrected chi connectivity index (χ1v) is 12.7. The van der Waals surface area contributed by atoms with E-state index < -0.39 is 40.9 Å². The third-order valence-electron chi connectivity index (χ3n) is 7.72. The largest absolute Gasteiger partial charge is 0.497 e. The molecule has 1 aliphatic heterocycles. The lowest BCUT2D eigenvalue weighted by Crippen LogP contribution is -2.61. The second-order valence-electron chi connectivity index (χ2n) is 9.87. The quantitative estimate of drug-likeness (QED) is 0.302. The van der Waals surface area contributed by atoms with Gasteiger partial charge in [-0.2, -0.15) is 0 Å². The van der Waals surface area contributed by atoms with Gasteiger partial charge in [-0.3, -0.25) is 20.2 Å². The molecule has 1 saturated heterocycles. The molecule has 3 aromatic rings. The number of benzene rings is 3. The lowest BCUT2D eigenvalue weighted by Gasteiger charge is -2.37. The minimum Gasteiger partial charge on any atom is -0.497 e. The van der Waals surface area contributed by atoms with Crippen molar-refractivity contribution >= 4 is 17.8 Å². The normalized spacial score (nSPS) is 20.4. The van der Waals surface area contributed by atoms with Gasteiger partial charge in [0.1, 0.15) is 22.5 Å². The molecule has 1 aliphatic carbocycles. The highest BCUT2D eigenvalue weighted by molar-refractivity contribution is 6.19. The van der Waals surface area contributed by atoms with E-state index >= 15 is 0 Å². The average molecular weight is 531 g/mol. The maximum Gasteiger partial charge on any atom is 0.328 e. The van der Waals surface area contributed by atoms with Crippen LogP contribution in [-0.2, 0) is 19.9 Å². The molecule has 5 rings (SSSR count). The van der Waals surface area contributed by atoms with Crippen LogP contribution in [0.25, 0.3) is 0 Å². The van der Waals surface area contributed by atoms with Gasteiger partial charge in [0.15, 0.2) is 0 Å². The first kappa shape index (κ1) is 26.4. The molecule has 0 bridgehead atoms. The van der Waals surface area contributed by atoms with E-state index in [1.54, 1.807) is 14.2 Å². The van der Waals surface area contributed by atoms with Gasteiger partial charge in [0.2, 0.25) is 11.8 Å². The minimum absolute atomic E-state index is 0.0321. The standard InChI is InChI=1S/C30H30N2O7/c1-37-23-12-8-21(9-13-23)30(20-6-4-3-5-7-20,22-10-14-24(38-2)15-11-22)39-18-19-16-29(17-25(19)33)26(34)31-28(36)32-27(29)35/h3-15,19,25,33H,16-18H2,1-2H3,(H2,31,32,34,35,36)/t19-,25+/m1/s1. The number of carbonyl (C=O) groups excluding carboxylic acids is 3. The third kappa shape index (κ3) is 4.64. The highest BCUT2D eigenvalue weighted by Crippen LogP contribution is 2.47. The molecule has 4 amide bonds. The molecule has 39 heavy (non-hydrogen) atoms. The molecule has 202 valence electrons. The van der Waals surface area contributed by atoms with E-state index in [0.717, 1.165) is 16.7 Å². The number of carbonyl (C=O) groups is 3.